The summed E-state index contributed by atoms with van der Waals surface area (Å²) in [5.41, 5.74) is 5.01. The summed E-state index contributed by atoms with van der Waals surface area (Å²) in [5, 5.41) is 8.18. The Morgan fingerprint density at radius 1 is 1.06 bits per heavy atom. The molecule has 0 bridgehead atoms. The topological polar surface area (TPSA) is 90.1 Å². The summed E-state index contributed by atoms with van der Waals surface area (Å²) in [6.45, 7) is 5.98. The maximum atomic E-state index is 12.3. The van der Waals surface area contributed by atoms with Gasteiger partial charge in [-0.25, -0.2) is 0 Å². The Labute approximate surface area is 184 Å². The highest BCUT2D eigenvalue weighted by molar-refractivity contribution is 6.30. The summed E-state index contributed by atoms with van der Waals surface area (Å²) in [4.78, 5) is 21.0. The number of rotatable bonds is 6. The van der Waals surface area contributed by atoms with Crippen molar-refractivity contribution in [3.63, 3.8) is 0 Å². The second-order valence-corrected chi connectivity index (χ2v) is 7.71. The fourth-order valence-electron chi connectivity index (χ4n) is 3.10. The third kappa shape index (κ3) is 4.67. The number of nitrogens with one attached hydrogen (secondary N) is 1. The minimum atomic E-state index is -0.274. The van der Waals surface area contributed by atoms with Gasteiger partial charge >= 0.3 is 0 Å². The molecule has 0 fully saturated rings. The van der Waals surface area contributed by atoms with E-state index >= 15 is 0 Å². The normalized spacial score (nSPS) is 11.0. The van der Waals surface area contributed by atoms with Gasteiger partial charge in [-0.3, -0.25) is 4.79 Å². The molecule has 0 radical (unpaired) electrons. The largest absolute Gasteiger partial charge is 0.467 e. The van der Waals surface area contributed by atoms with Crippen LogP contribution in [0.2, 0.25) is 5.02 Å². The summed E-state index contributed by atoms with van der Waals surface area (Å²) in [7, 11) is 0. The average Bonchev–Trinajstić information content (AvgIpc) is 3.17. The molecule has 0 aliphatic carbocycles. The number of aromatic nitrogens is 3. The summed E-state index contributed by atoms with van der Waals surface area (Å²) >= 11 is 5.88. The number of carbonyl (C=O) groups excluding carboxylic acids is 1. The summed E-state index contributed by atoms with van der Waals surface area (Å²) in [5.74, 6) is 0.453. The molecule has 0 unspecified atom stereocenters. The van der Waals surface area contributed by atoms with Gasteiger partial charge in [0.15, 0.2) is 6.61 Å². The molecule has 1 N–H and O–H groups in total. The van der Waals surface area contributed by atoms with Gasteiger partial charge in [-0.15, -0.1) is 0 Å². The maximum Gasteiger partial charge on any atom is 0.265 e. The lowest BCUT2D eigenvalue weighted by Gasteiger charge is -2.09. The van der Waals surface area contributed by atoms with Crippen molar-refractivity contribution in [3.8, 4) is 17.1 Å². The van der Waals surface area contributed by atoms with Crippen molar-refractivity contribution in [1.29, 1.82) is 0 Å². The Bertz CT molecular complexity index is 1250. The highest BCUT2D eigenvalue weighted by Gasteiger charge is 2.20. The van der Waals surface area contributed by atoms with Crippen LogP contribution in [0.4, 0.5) is 0 Å². The Kier molecular flexibility index (Phi) is 5.86. The van der Waals surface area contributed by atoms with Crippen LogP contribution in [0.5, 0.6) is 5.88 Å². The van der Waals surface area contributed by atoms with Crippen molar-refractivity contribution in [2.75, 3.05) is 6.61 Å². The van der Waals surface area contributed by atoms with E-state index in [0.717, 1.165) is 16.7 Å². The lowest BCUT2D eigenvalue weighted by atomic mass is 10.0. The van der Waals surface area contributed by atoms with Gasteiger partial charge in [0.25, 0.3) is 11.6 Å². The zero-order valence-electron chi connectivity index (χ0n) is 17.4. The van der Waals surface area contributed by atoms with Crippen molar-refractivity contribution in [2.24, 2.45) is 0 Å². The Morgan fingerprint density at radius 3 is 2.58 bits per heavy atom. The lowest BCUT2D eigenvalue weighted by molar-refractivity contribution is -0.123. The molecule has 4 rings (SSSR count). The number of amides is 1. The van der Waals surface area contributed by atoms with Gasteiger partial charge in [-0.1, -0.05) is 41.0 Å². The van der Waals surface area contributed by atoms with E-state index in [4.69, 9.17) is 20.9 Å². The number of hydrogen-bond acceptors (Lipinski definition) is 6. The smallest absolute Gasteiger partial charge is 0.265 e. The number of ether oxygens (including phenoxy) is 1. The van der Waals surface area contributed by atoms with E-state index in [1.807, 2.05) is 44.2 Å². The number of hydrogen-bond donors (Lipinski definition) is 1. The van der Waals surface area contributed by atoms with Crippen molar-refractivity contribution in [2.45, 2.75) is 27.3 Å². The van der Waals surface area contributed by atoms with Gasteiger partial charge in [-0.05, 0) is 55.7 Å². The molecule has 0 saturated carbocycles. The molecule has 7 nitrogen and oxygen atoms in total. The number of benzene rings is 2. The highest BCUT2D eigenvalue weighted by Crippen LogP contribution is 2.33. The van der Waals surface area contributed by atoms with Crippen LogP contribution in [0, 0.1) is 20.8 Å². The SMILES string of the molecule is Cc1nc(OCC(=O)NCc2ccc(Cl)cc2)c2c(-c3ccc(C)c(C)c3)noc2n1. The molecule has 1 amide bonds. The fraction of sp³-hybridized carbons (Fsp3) is 0.217. The van der Waals surface area contributed by atoms with Crippen LogP contribution in [0.15, 0.2) is 47.0 Å². The zero-order valence-corrected chi connectivity index (χ0v) is 18.2. The summed E-state index contributed by atoms with van der Waals surface area (Å²) < 4.78 is 11.2. The lowest BCUT2D eigenvalue weighted by Crippen LogP contribution is -2.28. The van der Waals surface area contributed by atoms with Crippen molar-refractivity contribution < 1.29 is 14.1 Å². The van der Waals surface area contributed by atoms with E-state index in [1.54, 1.807) is 19.1 Å². The first kappa shape index (κ1) is 20.8. The van der Waals surface area contributed by atoms with E-state index in [1.165, 1.54) is 5.56 Å². The molecule has 0 saturated heterocycles. The molecule has 0 aliphatic rings. The third-order valence-electron chi connectivity index (χ3n) is 4.94. The van der Waals surface area contributed by atoms with Gasteiger partial charge in [0, 0.05) is 17.1 Å². The molecule has 2 aromatic carbocycles. The summed E-state index contributed by atoms with van der Waals surface area (Å²) in [6, 6.07) is 13.3. The highest BCUT2D eigenvalue weighted by atomic mass is 35.5. The molecule has 8 heteroatoms. The first-order chi connectivity index (χ1) is 14.9. The van der Waals surface area contributed by atoms with E-state index in [9.17, 15) is 4.79 Å². The number of aryl methyl sites for hydroxylation is 3. The predicted octanol–water partition coefficient (Wildman–Crippen LogP) is 4.56. The number of fused-ring (bicyclic) bond motifs is 1. The second-order valence-electron chi connectivity index (χ2n) is 7.28. The Hall–Kier alpha value is -3.45. The molecule has 158 valence electrons. The van der Waals surface area contributed by atoms with Crippen LogP contribution < -0.4 is 10.1 Å². The van der Waals surface area contributed by atoms with Crippen molar-refractivity contribution in [1.82, 2.24) is 20.4 Å². The number of carbonyl (C=O) groups is 1. The second kappa shape index (κ2) is 8.73. The molecule has 2 heterocycles. The van der Waals surface area contributed by atoms with Crippen molar-refractivity contribution in [3.05, 3.63) is 70.0 Å². The molecule has 0 aliphatic heterocycles. The van der Waals surface area contributed by atoms with Crippen LogP contribution in [0.1, 0.15) is 22.5 Å². The van der Waals surface area contributed by atoms with Crippen molar-refractivity contribution >= 4 is 28.6 Å². The molecule has 0 atom stereocenters. The van der Waals surface area contributed by atoms with Gasteiger partial charge in [0.05, 0.1) is 0 Å². The van der Waals surface area contributed by atoms with Crippen LogP contribution >= 0.6 is 11.6 Å². The van der Waals surface area contributed by atoms with Gasteiger partial charge < -0.3 is 14.6 Å². The molecule has 0 spiro atoms. The monoisotopic (exact) mass is 436 g/mol. The average molecular weight is 437 g/mol. The van der Waals surface area contributed by atoms with Crippen LogP contribution in [-0.4, -0.2) is 27.6 Å². The molecular formula is C23H21ClN4O3. The fourth-order valence-corrected chi connectivity index (χ4v) is 3.23. The minimum Gasteiger partial charge on any atom is -0.467 e. The quantitative estimate of drug-likeness (QED) is 0.476. The number of nitrogens with zero attached hydrogens (tertiary/aromatic N) is 3. The predicted molar refractivity (Wildman–Crippen MR) is 118 cm³/mol. The Balaban J connectivity index is 1.54. The Morgan fingerprint density at radius 2 is 1.84 bits per heavy atom. The summed E-state index contributed by atoms with van der Waals surface area (Å²) in [6.07, 6.45) is 0. The van der Waals surface area contributed by atoms with Gasteiger partial charge in [0.1, 0.15) is 16.9 Å². The molecule has 31 heavy (non-hydrogen) atoms. The zero-order chi connectivity index (χ0) is 22.0. The van der Waals surface area contributed by atoms with Gasteiger partial charge in [-0.2, -0.15) is 9.97 Å². The van der Waals surface area contributed by atoms with Crippen LogP contribution in [-0.2, 0) is 11.3 Å². The molecular weight excluding hydrogens is 416 g/mol. The number of halogens is 1. The van der Waals surface area contributed by atoms with E-state index in [-0.39, 0.29) is 18.4 Å². The van der Waals surface area contributed by atoms with E-state index < -0.39 is 0 Å². The first-order valence-corrected chi connectivity index (χ1v) is 10.1. The third-order valence-corrected chi connectivity index (χ3v) is 5.19. The molecule has 4 aromatic rings. The van der Waals surface area contributed by atoms with E-state index in [0.29, 0.717) is 34.2 Å². The maximum absolute atomic E-state index is 12.3. The minimum absolute atomic E-state index is 0.198. The van der Waals surface area contributed by atoms with Crippen LogP contribution in [0.3, 0.4) is 0 Å². The van der Waals surface area contributed by atoms with E-state index in [2.05, 4.69) is 20.4 Å². The van der Waals surface area contributed by atoms with Gasteiger partial charge in [0.2, 0.25) is 5.88 Å². The standard InChI is InChI=1S/C23H21ClN4O3/c1-13-4-7-17(10-14(13)2)21-20-22(26-15(3)27-23(20)31-28-21)30-12-19(29)25-11-16-5-8-18(24)9-6-16/h4-10H,11-12H2,1-3H3,(H,25,29). The molecule has 2 aromatic heterocycles. The van der Waals surface area contributed by atoms with Crippen LogP contribution in [0.25, 0.3) is 22.4 Å². The first-order valence-electron chi connectivity index (χ1n) is 9.76.